The maximum absolute atomic E-state index is 12.6. The molecule has 1 heterocycles. The Bertz CT molecular complexity index is 782. The van der Waals surface area contributed by atoms with E-state index in [2.05, 4.69) is 6.92 Å². The highest BCUT2D eigenvalue weighted by Gasteiger charge is 2.28. The van der Waals surface area contributed by atoms with E-state index in [-0.39, 0.29) is 17.8 Å². The van der Waals surface area contributed by atoms with Crippen LogP contribution in [0.15, 0.2) is 48.5 Å². The van der Waals surface area contributed by atoms with Crippen molar-refractivity contribution in [2.24, 2.45) is 0 Å². The summed E-state index contributed by atoms with van der Waals surface area (Å²) in [5, 5.41) is 0. The number of hydrogen-bond donors (Lipinski definition) is 0. The molecular weight excluding hydrogens is 326 g/mol. The SMILES string of the molecule is CCCCC(C(=O)OCC)c1ccc(N2Cc3ccccc3C2=O)cc1. The lowest BCUT2D eigenvalue weighted by Crippen LogP contribution is -2.23. The number of fused-ring (bicyclic) bond motifs is 1. The maximum atomic E-state index is 12.6. The number of anilines is 1. The van der Waals surface area contributed by atoms with Gasteiger partial charge < -0.3 is 9.64 Å². The van der Waals surface area contributed by atoms with Gasteiger partial charge in [0.05, 0.1) is 19.1 Å². The monoisotopic (exact) mass is 351 g/mol. The van der Waals surface area contributed by atoms with E-state index in [0.29, 0.717) is 13.2 Å². The topological polar surface area (TPSA) is 46.6 Å². The number of amides is 1. The number of benzene rings is 2. The molecule has 1 aliphatic heterocycles. The Hall–Kier alpha value is -2.62. The van der Waals surface area contributed by atoms with Crippen molar-refractivity contribution in [1.82, 2.24) is 0 Å². The fraction of sp³-hybridized carbons (Fsp3) is 0.364. The highest BCUT2D eigenvalue weighted by molar-refractivity contribution is 6.09. The lowest BCUT2D eigenvalue weighted by molar-refractivity contribution is -0.145. The minimum absolute atomic E-state index is 0.0290. The minimum Gasteiger partial charge on any atom is -0.466 e. The third-order valence-electron chi connectivity index (χ3n) is 4.85. The van der Waals surface area contributed by atoms with Crippen LogP contribution in [0.25, 0.3) is 0 Å². The number of hydrogen-bond acceptors (Lipinski definition) is 3. The smallest absolute Gasteiger partial charge is 0.313 e. The first-order valence-corrected chi connectivity index (χ1v) is 9.32. The third kappa shape index (κ3) is 3.64. The van der Waals surface area contributed by atoms with Crippen LogP contribution in [0.3, 0.4) is 0 Å². The van der Waals surface area contributed by atoms with Crippen molar-refractivity contribution in [2.45, 2.75) is 45.6 Å². The lowest BCUT2D eigenvalue weighted by Gasteiger charge is -2.19. The van der Waals surface area contributed by atoms with Gasteiger partial charge in [-0.05, 0) is 42.7 Å². The predicted octanol–water partition coefficient (Wildman–Crippen LogP) is 4.68. The summed E-state index contributed by atoms with van der Waals surface area (Å²) in [7, 11) is 0. The van der Waals surface area contributed by atoms with Gasteiger partial charge in [0, 0.05) is 11.3 Å². The molecule has 1 unspecified atom stereocenters. The molecule has 0 aromatic heterocycles. The summed E-state index contributed by atoms with van der Waals surface area (Å²) in [5.74, 6) is -0.380. The van der Waals surface area contributed by atoms with Crippen molar-refractivity contribution in [1.29, 1.82) is 0 Å². The minimum atomic E-state index is -0.240. The summed E-state index contributed by atoms with van der Waals surface area (Å²) < 4.78 is 5.24. The molecule has 4 heteroatoms. The number of nitrogens with zero attached hydrogens (tertiary/aromatic N) is 1. The fourth-order valence-corrected chi connectivity index (χ4v) is 3.42. The molecule has 0 N–H and O–H groups in total. The van der Waals surface area contributed by atoms with Gasteiger partial charge in [0.2, 0.25) is 0 Å². The van der Waals surface area contributed by atoms with Crippen LogP contribution in [0, 0.1) is 0 Å². The molecule has 0 saturated carbocycles. The molecule has 26 heavy (non-hydrogen) atoms. The van der Waals surface area contributed by atoms with Crippen LogP contribution < -0.4 is 4.90 Å². The molecule has 1 amide bonds. The fourth-order valence-electron chi connectivity index (χ4n) is 3.42. The Morgan fingerprint density at radius 1 is 1.12 bits per heavy atom. The summed E-state index contributed by atoms with van der Waals surface area (Å²) in [4.78, 5) is 26.7. The molecule has 136 valence electrons. The van der Waals surface area contributed by atoms with E-state index in [1.807, 2.05) is 55.5 Å². The number of carbonyl (C=O) groups excluding carboxylic acids is 2. The Morgan fingerprint density at radius 3 is 2.50 bits per heavy atom. The van der Waals surface area contributed by atoms with E-state index in [1.165, 1.54) is 0 Å². The van der Waals surface area contributed by atoms with Gasteiger partial charge in [-0.15, -0.1) is 0 Å². The lowest BCUT2D eigenvalue weighted by atomic mass is 9.93. The zero-order chi connectivity index (χ0) is 18.5. The molecule has 3 rings (SSSR count). The Kier molecular flexibility index (Phi) is 5.71. The molecule has 0 spiro atoms. The van der Waals surface area contributed by atoms with Crippen LogP contribution in [0.5, 0.6) is 0 Å². The third-order valence-corrected chi connectivity index (χ3v) is 4.85. The molecule has 2 aromatic carbocycles. The summed E-state index contributed by atoms with van der Waals surface area (Å²) in [6, 6.07) is 15.5. The van der Waals surface area contributed by atoms with Gasteiger partial charge in [0.1, 0.15) is 0 Å². The van der Waals surface area contributed by atoms with Crippen LogP contribution in [0.2, 0.25) is 0 Å². The Balaban J connectivity index is 1.79. The molecule has 1 aliphatic rings. The van der Waals surface area contributed by atoms with Crippen molar-refractivity contribution < 1.29 is 14.3 Å². The summed E-state index contributed by atoms with van der Waals surface area (Å²) in [6.45, 7) is 4.92. The van der Waals surface area contributed by atoms with Crippen LogP contribution >= 0.6 is 0 Å². The Morgan fingerprint density at radius 2 is 1.85 bits per heavy atom. The number of unbranched alkanes of at least 4 members (excludes halogenated alkanes) is 1. The summed E-state index contributed by atoms with van der Waals surface area (Å²) in [6.07, 6.45) is 2.79. The van der Waals surface area contributed by atoms with Gasteiger partial charge in [-0.2, -0.15) is 0 Å². The van der Waals surface area contributed by atoms with Crippen LogP contribution in [0.1, 0.15) is 60.5 Å². The first-order chi connectivity index (χ1) is 12.7. The van der Waals surface area contributed by atoms with Gasteiger partial charge in [-0.25, -0.2) is 0 Å². The molecular formula is C22H25NO3. The predicted molar refractivity (Wildman–Crippen MR) is 102 cm³/mol. The van der Waals surface area contributed by atoms with Crippen LogP contribution in [0.4, 0.5) is 5.69 Å². The molecule has 0 aliphatic carbocycles. The van der Waals surface area contributed by atoms with Crippen molar-refractivity contribution >= 4 is 17.6 Å². The average molecular weight is 351 g/mol. The molecule has 2 aromatic rings. The number of ether oxygens (including phenoxy) is 1. The van der Waals surface area contributed by atoms with E-state index >= 15 is 0 Å². The normalized spacial score (nSPS) is 14.2. The Labute approximate surface area is 154 Å². The number of rotatable bonds is 7. The van der Waals surface area contributed by atoms with E-state index in [9.17, 15) is 9.59 Å². The highest BCUT2D eigenvalue weighted by Crippen LogP contribution is 2.30. The molecule has 0 fully saturated rings. The van der Waals surface area contributed by atoms with E-state index < -0.39 is 0 Å². The van der Waals surface area contributed by atoms with Gasteiger partial charge >= 0.3 is 5.97 Å². The van der Waals surface area contributed by atoms with E-state index in [0.717, 1.165) is 41.6 Å². The average Bonchev–Trinajstić information content (AvgIpc) is 3.00. The molecule has 0 saturated heterocycles. The highest BCUT2D eigenvalue weighted by atomic mass is 16.5. The summed E-state index contributed by atoms with van der Waals surface area (Å²) >= 11 is 0. The van der Waals surface area contributed by atoms with Gasteiger partial charge in [-0.1, -0.05) is 50.1 Å². The molecule has 0 bridgehead atoms. The van der Waals surface area contributed by atoms with Gasteiger partial charge in [0.25, 0.3) is 5.91 Å². The quantitative estimate of drug-likeness (QED) is 0.680. The zero-order valence-corrected chi connectivity index (χ0v) is 15.4. The number of carbonyl (C=O) groups is 2. The van der Waals surface area contributed by atoms with Gasteiger partial charge in [-0.3, -0.25) is 9.59 Å². The van der Waals surface area contributed by atoms with Crippen molar-refractivity contribution in [3.05, 3.63) is 65.2 Å². The number of esters is 1. The molecule has 4 nitrogen and oxygen atoms in total. The van der Waals surface area contributed by atoms with Crippen LogP contribution in [-0.4, -0.2) is 18.5 Å². The largest absolute Gasteiger partial charge is 0.466 e. The second-order valence-corrected chi connectivity index (χ2v) is 6.59. The van der Waals surface area contributed by atoms with Crippen molar-refractivity contribution in [2.75, 3.05) is 11.5 Å². The van der Waals surface area contributed by atoms with Gasteiger partial charge in [0.15, 0.2) is 0 Å². The standard InChI is InChI=1S/C22H25NO3/c1-3-5-9-20(22(25)26-4-2)16-11-13-18(14-12-16)23-15-17-8-6-7-10-19(17)21(23)24/h6-8,10-14,20H,3-5,9,15H2,1-2H3. The van der Waals surface area contributed by atoms with Crippen molar-refractivity contribution in [3.63, 3.8) is 0 Å². The molecule has 1 atom stereocenters. The first-order valence-electron chi connectivity index (χ1n) is 9.32. The molecule has 0 radical (unpaired) electrons. The summed E-state index contributed by atoms with van der Waals surface area (Å²) in [5.41, 5.74) is 3.62. The second-order valence-electron chi connectivity index (χ2n) is 6.59. The van der Waals surface area contributed by atoms with E-state index in [4.69, 9.17) is 4.74 Å². The zero-order valence-electron chi connectivity index (χ0n) is 15.4. The van der Waals surface area contributed by atoms with Crippen LogP contribution in [-0.2, 0) is 16.1 Å². The second kappa shape index (κ2) is 8.17. The van der Waals surface area contributed by atoms with E-state index in [1.54, 1.807) is 4.90 Å². The van der Waals surface area contributed by atoms with Crippen molar-refractivity contribution in [3.8, 4) is 0 Å². The first kappa shape index (κ1) is 18.2. The maximum Gasteiger partial charge on any atom is 0.313 e.